The van der Waals surface area contributed by atoms with Crippen LogP contribution in [0.1, 0.15) is 24.0 Å². The van der Waals surface area contributed by atoms with Crippen molar-refractivity contribution in [2.24, 2.45) is 5.92 Å². The third kappa shape index (κ3) is 4.59. The largest absolute Gasteiger partial charge is 0.480 e. The van der Waals surface area contributed by atoms with E-state index >= 15 is 0 Å². The molecule has 3 atom stereocenters. The number of carbonyl (C=O) groups is 2. The minimum atomic E-state index is -4.06. The van der Waals surface area contributed by atoms with Crippen LogP contribution in [-0.2, 0) is 21.5 Å². The summed E-state index contributed by atoms with van der Waals surface area (Å²) < 4.78 is 29.9. The molecule has 0 spiro atoms. The highest BCUT2D eigenvalue weighted by Crippen LogP contribution is 2.57. The molecule has 9 nitrogen and oxygen atoms in total. The zero-order valence-corrected chi connectivity index (χ0v) is 19.2. The van der Waals surface area contributed by atoms with Gasteiger partial charge in [-0.25, -0.2) is 4.79 Å². The van der Waals surface area contributed by atoms with Crippen LogP contribution in [-0.4, -0.2) is 66.4 Å². The minimum absolute atomic E-state index is 0.0914. The van der Waals surface area contributed by atoms with Crippen LogP contribution < -0.4 is 10.0 Å². The molecule has 3 N–H and O–H groups in total. The molecule has 10 heteroatoms. The third-order valence-electron chi connectivity index (χ3n) is 6.56. The molecule has 2 aliphatic rings. The first-order chi connectivity index (χ1) is 15.8. The van der Waals surface area contributed by atoms with Crippen molar-refractivity contribution < 1.29 is 23.1 Å². The van der Waals surface area contributed by atoms with E-state index in [0.29, 0.717) is 6.54 Å². The molecule has 2 amide bonds. The predicted octanol–water partition coefficient (Wildman–Crippen LogP) is 1.61. The van der Waals surface area contributed by atoms with Gasteiger partial charge in [-0.1, -0.05) is 67.6 Å². The number of carbonyl (C=O) groups excluding carboxylic acids is 1. The standard InChI is InChI=1S/C23H28N4O5S/c1-17-20(19-10-6-3-7-11-19)23(17,21(28)29)25-33(31,32)27-14-12-26(13-15-27)22(30)24-16-18-8-4-2-5-9-18/h2-11,17,20,25H,12-16H2,1H3,(H,24,30)(H,28,29)/t17?,20-,23+/m1/s1. The van der Waals surface area contributed by atoms with E-state index in [1.807, 2.05) is 60.7 Å². The molecule has 1 heterocycles. The molecule has 176 valence electrons. The lowest BCUT2D eigenvalue weighted by Gasteiger charge is -2.34. The second-order valence-electron chi connectivity index (χ2n) is 8.49. The summed E-state index contributed by atoms with van der Waals surface area (Å²) in [5, 5.41) is 12.8. The summed E-state index contributed by atoms with van der Waals surface area (Å²) in [5.74, 6) is -2.03. The number of nitrogens with zero attached hydrogens (tertiary/aromatic N) is 2. The van der Waals surface area contributed by atoms with Crippen molar-refractivity contribution >= 4 is 22.2 Å². The summed E-state index contributed by atoms with van der Waals surface area (Å²) in [7, 11) is -4.06. The van der Waals surface area contributed by atoms with Gasteiger partial charge in [0.05, 0.1) is 0 Å². The smallest absolute Gasteiger partial charge is 0.325 e. The fourth-order valence-electron chi connectivity index (χ4n) is 4.60. The summed E-state index contributed by atoms with van der Waals surface area (Å²) in [6.45, 7) is 2.75. The van der Waals surface area contributed by atoms with Gasteiger partial charge in [-0.3, -0.25) is 4.79 Å². The Morgan fingerprint density at radius 1 is 1.00 bits per heavy atom. The first-order valence-electron chi connectivity index (χ1n) is 10.9. The van der Waals surface area contributed by atoms with Crippen molar-refractivity contribution in [2.75, 3.05) is 26.2 Å². The maximum absolute atomic E-state index is 13.1. The number of amides is 2. The number of hydrogen-bond donors (Lipinski definition) is 3. The van der Waals surface area contributed by atoms with Crippen molar-refractivity contribution in [2.45, 2.75) is 24.9 Å². The Morgan fingerprint density at radius 2 is 1.58 bits per heavy atom. The Balaban J connectivity index is 1.37. The molecule has 1 saturated carbocycles. The number of carboxylic acids is 1. The third-order valence-corrected chi connectivity index (χ3v) is 8.20. The van der Waals surface area contributed by atoms with E-state index in [2.05, 4.69) is 10.0 Å². The van der Waals surface area contributed by atoms with Crippen LogP contribution in [0, 0.1) is 5.92 Å². The number of rotatable bonds is 7. The van der Waals surface area contributed by atoms with Crippen LogP contribution in [0.15, 0.2) is 60.7 Å². The topological polar surface area (TPSA) is 119 Å². The zero-order valence-electron chi connectivity index (χ0n) is 18.3. The summed E-state index contributed by atoms with van der Waals surface area (Å²) in [5.41, 5.74) is 0.182. The first kappa shape index (κ1) is 23.2. The summed E-state index contributed by atoms with van der Waals surface area (Å²) >= 11 is 0. The highest BCUT2D eigenvalue weighted by Gasteiger charge is 2.70. The number of aliphatic carboxylic acids is 1. The normalized spacial score (nSPS) is 25.4. The number of urea groups is 1. The number of piperazine rings is 1. The first-order valence-corrected chi connectivity index (χ1v) is 12.3. The van der Waals surface area contributed by atoms with Crippen molar-refractivity contribution in [1.29, 1.82) is 0 Å². The number of nitrogens with one attached hydrogen (secondary N) is 2. The van der Waals surface area contributed by atoms with Gasteiger partial charge in [0.2, 0.25) is 0 Å². The quantitative estimate of drug-likeness (QED) is 0.566. The maximum Gasteiger partial charge on any atom is 0.325 e. The van der Waals surface area contributed by atoms with E-state index in [0.717, 1.165) is 11.1 Å². The Kier molecular flexibility index (Phi) is 6.42. The molecular formula is C23H28N4O5S. The SMILES string of the molecule is CC1[C@H](c2ccccc2)[C@]1(NS(=O)(=O)N1CCN(C(=O)NCc2ccccc2)CC1)C(=O)O. The average molecular weight is 473 g/mol. The Labute approximate surface area is 193 Å². The molecule has 2 fully saturated rings. The number of hydrogen-bond acceptors (Lipinski definition) is 4. The van der Waals surface area contributed by atoms with Gasteiger partial charge in [0, 0.05) is 38.6 Å². The van der Waals surface area contributed by atoms with Crippen LogP contribution in [0.4, 0.5) is 4.79 Å². The fraction of sp³-hybridized carbons (Fsp3) is 0.391. The fourth-order valence-corrected chi connectivity index (χ4v) is 6.20. The predicted molar refractivity (Wildman–Crippen MR) is 123 cm³/mol. The van der Waals surface area contributed by atoms with Gasteiger partial charge in [0.15, 0.2) is 0 Å². The van der Waals surface area contributed by atoms with Crippen LogP contribution >= 0.6 is 0 Å². The number of carboxylic acid groups (broad SMARTS) is 1. The highest BCUT2D eigenvalue weighted by atomic mass is 32.2. The van der Waals surface area contributed by atoms with Crippen LogP contribution in [0.3, 0.4) is 0 Å². The van der Waals surface area contributed by atoms with Crippen molar-refractivity contribution in [1.82, 2.24) is 19.2 Å². The van der Waals surface area contributed by atoms with Crippen LogP contribution in [0.2, 0.25) is 0 Å². The highest BCUT2D eigenvalue weighted by molar-refractivity contribution is 7.87. The molecule has 1 aliphatic carbocycles. The molecule has 0 bridgehead atoms. The van der Waals surface area contributed by atoms with Crippen molar-refractivity contribution in [3.05, 3.63) is 71.8 Å². The molecule has 1 unspecified atom stereocenters. The Bertz CT molecular complexity index is 1100. The Hall–Kier alpha value is -2.95. The van der Waals surface area contributed by atoms with Gasteiger partial charge in [-0.2, -0.15) is 17.4 Å². The van der Waals surface area contributed by atoms with Crippen LogP contribution in [0.25, 0.3) is 0 Å². The van der Waals surface area contributed by atoms with Gasteiger partial charge in [-0.05, 0) is 17.0 Å². The van der Waals surface area contributed by atoms with E-state index in [1.165, 1.54) is 4.31 Å². The molecule has 2 aromatic carbocycles. The van der Waals surface area contributed by atoms with E-state index < -0.39 is 33.6 Å². The average Bonchev–Trinajstić information content (AvgIpc) is 3.42. The molecular weight excluding hydrogens is 444 g/mol. The molecule has 1 aliphatic heterocycles. The molecule has 0 radical (unpaired) electrons. The molecule has 4 rings (SSSR count). The summed E-state index contributed by atoms with van der Waals surface area (Å²) in [6.07, 6.45) is 0. The van der Waals surface area contributed by atoms with Crippen molar-refractivity contribution in [3.8, 4) is 0 Å². The Morgan fingerprint density at radius 3 is 2.15 bits per heavy atom. The number of benzene rings is 2. The van der Waals surface area contributed by atoms with Crippen molar-refractivity contribution in [3.63, 3.8) is 0 Å². The molecule has 0 aromatic heterocycles. The molecule has 2 aromatic rings. The lowest BCUT2D eigenvalue weighted by atomic mass is 10.1. The summed E-state index contributed by atoms with van der Waals surface area (Å²) in [6, 6.07) is 18.3. The maximum atomic E-state index is 13.1. The lowest BCUT2D eigenvalue weighted by Crippen LogP contribution is -2.58. The molecule has 1 saturated heterocycles. The summed E-state index contributed by atoms with van der Waals surface area (Å²) in [4.78, 5) is 26.2. The van der Waals surface area contributed by atoms with E-state index in [-0.39, 0.29) is 32.2 Å². The van der Waals surface area contributed by atoms with E-state index in [9.17, 15) is 23.1 Å². The van der Waals surface area contributed by atoms with Crippen LogP contribution in [0.5, 0.6) is 0 Å². The van der Waals surface area contributed by atoms with Gasteiger partial charge in [-0.15, -0.1) is 0 Å². The zero-order chi connectivity index (χ0) is 23.6. The molecule has 33 heavy (non-hydrogen) atoms. The van der Waals surface area contributed by atoms with Gasteiger partial charge in [0.1, 0.15) is 5.54 Å². The lowest BCUT2D eigenvalue weighted by molar-refractivity contribution is -0.140. The monoisotopic (exact) mass is 472 g/mol. The second kappa shape index (κ2) is 9.12. The second-order valence-corrected chi connectivity index (χ2v) is 10.2. The minimum Gasteiger partial charge on any atom is -0.480 e. The van der Waals surface area contributed by atoms with E-state index in [4.69, 9.17) is 0 Å². The van der Waals surface area contributed by atoms with E-state index in [1.54, 1.807) is 11.8 Å². The van der Waals surface area contributed by atoms with Gasteiger partial charge < -0.3 is 15.3 Å². The van der Waals surface area contributed by atoms with Gasteiger partial charge in [0.25, 0.3) is 10.2 Å². The van der Waals surface area contributed by atoms with Gasteiger partial charge >= 0.3 is 12.0 Å².